The average molecular weight is 496 g/mol. The van der Waals surface area contributed by atoms with E-state index in [-0.39, 0.29) is 10.8 Å². The highest BCUT2D eigenvalue weighted by atomic mass is 32.2. The highest BCUT2D eigenvalue weighted by Gasteiger charge is 2.18. The highest BCUT2D eigenvalue weighted by Crippen LogP contribution is 2.31. The van der Waals surface area contributed by atoms with Gasteiger partial charge in [0.25, 0.3) is 15.9 Å². The van der Waals surface area contributed by atoms with Crippen LogP contribution in [0.25, 0.3) is 15.9 Å². The molecule has 8 nitrogen and oxygen atoms in total. The van der Waals surface area contributed by atoms with Gasteiger partial charge >= 0.3 is 0 Å². The molecule has 0 aliphatic rings. The van der Waals surface area contributed by atoms with Gasteiger partial charge in [0.1, 0.15) is 4.83 Å². The predicted octanol–water partition coefficient (Wildman–Crippen LogP) is 4.91. The fraction of sp³-hybridized carbons (Fsp3) is 0.0455. The Morgan fingerprint density at radius 2 is 1.82 bits per heavy atom. The average Bonchev–Trinajstić information content (AvgIpc) is 3.53. The summed E-state index contributed by atoms with van der Waals surface area (Å²) in [6, 6.07) is 17.6. The van der Waals surface area contributed by atoms with Crippen LogP contribution in [0.4, 0.5) is 10.8 Å². The van der Waals surface area contributed by atoms with Crippen molar-refractivity contribution in [3.63, 3.8) is 0 Å². The number of thiophene rings is 1. The van der Waals surface area contributed by atoms with Crippen LogP contribution in [0.15, 0.2) is 77.1 Å². The molecule has 0 aliphatic carbocycles. The molecule has 5 aromatic rings. The number of sulfonamides is 1. The van der Waals surface area contributed by atoms with Crippen molar-refractivity contribution >= 4 is 59.6 Å². The van der Waals surface area contributed by atoms with Gasteiger partial charge in [-0.05, 0) is 49.4 Å². The first kappa shape index (κ1) is 21.3. The molecule has 0 spiro atoms. The molecule has 0 atom stereocenters. The fourth-order valence-electron chi connectivity index (χ4n) is 3.26. The van der Waals surface area contributed by atoms with Gasteiger partial charge in [-0.3, -0.25) is 9.52 Å². The number of nitrogens with one attached hydrogen (secondary N) is 2. The number of anilines is 2. The lowest BCUT2D eigenvalue weighted by Gasteiger charge is -2.07. The molecule has 166 valence electrons. The Balaban J connectivity index is 1.35. The molecule has 0 saturated heterocycles. The maximum absolute atomic E-state index is 12.9. The van der Waals surface area contributed by atoms with Crippen LogP contribution in [0.3, 0.4) is 0 Å². The number of carbonyl (C=O) groups is 1. The summed E-state index contributed by atoms with van der Waals surface area (Å²) in [5, 5.41) is 10.3. The van der Waals surface area contributed by atoms with Crippen molar-refractivity contribution < 1.29 is 13.2 Å². The number of nitrogens with zero attached hydrogens (tertiary/aromatic N) is 3. The summed E-state index contributed by atoms with van der Waals surface area (Å²) in [7, 11) is -3.75. The van der Waals surface area contributed by atoms with Gasteiger partial charge in [0, 0.05) is 22.7 Å². The molecule has 3 aromatic heterocycles. The zero-order valence-corrected chi connectivity index (χ0v) is 19.7. The standard InChI is InChI=1S/C22H17N5O3S3/c1-14-18-13-19(32-21(18)27(25-14)16-5-3-2-4-6-16)20(28)24-15-7-9-17(10-8-15)33(29,30)26-22-23-11-12-31-22/h2-13H,1H3,(H,23,26)(H,24,28). The van der Waals surface area contributed by atoms with E-state index in [9.17, 15) is 13.2 Å². The molecule has 1 amide bonds. The Kier molecular flexibility index (Phi) is 5.44. The Bertz CT molecular complexity index is 1540. The second-order valence-corrected chi connectivity index (χ2v) is 10.7. The highest BCUT2D eigenvalue weighted by molar-refractivity contribution is 7.93. The number of carbonyl (C=O) groups excluding carboxylic acids is 1. The molecule has 2 aromatic carbocycles. The monoisotopic (exact) mass is 495 g/mol. The van der Waals surface area contributed by atoms with Crippen LogP contribution in [-0.2, 0) is 10.0 Å². The number of hydrogen-bond acceptors (Lipinski definition) is 7. The van der Waals surface area contributed by atoms with Crippen LogP contribution in [0.5, 0.6) is 0 Å². The molecule has 33 heavy (non-hydrogen) atoms. The summed E-state index contributed by atoms with van der Waals surface area (Å²) >= 11 is 2.55. The third-order valence-corrected chi connectivity index (χ3v) is 8.13. The maximum atomic E-state index is 12.9. The molecule has 0 bridgehead atoms. The van der Waals surface area contributed by atoms with Crippen LogP contribution in [0.2, 0.25) is 0 Å². The van der Waals surface area contributed by atoms with Gasteiger partial charge in [0.15, 0.2) is 5.13 Å². The Hall–Kier alpha value is -3.54. The third kappa shape index (κ3) is 4.25. The number of aryl methyl sites for hydroxylation is 1. The Morgan fingerprint density at radius 1 is 1.06 bits per heavy atom. The molecule has 0 unspecified atom stereocenters. The van der Waals surface area contributed by atoms with Crippen molar-refractivity contribution in [2.24, 2.45) is 0 Å². The van der Waals surface area contributed by atoms with Crippen LogP contribution in [-0.4, -0.2) is 29.1 Å². The molecule has 0 saturated carbocycles. The van der Waals surface area contributed by atoms with E-state index in [0.717, 1.165) is 21.6 Å². The van der Waals surface area contributed by atoms with E-state index in [0.29, 0.717) is 15.7 Å². The number of fused-ring (bicyclic) bond motifs is 1. The van der Waals surface area contributed by atoms with Gasteiger partial charge in [-0.2, -0.15) is 5.10 Å². The normalized spacial score (nSPS) is 11.5. The maximum Gasteiger partial charge on any atom is 0.265 e. The van der Waals surface area contributed by atoms with Gasteiger partial charge < -0.3 is 5.32 Å². The van der Waals surface area contributed by atoms with Crippen LogP contribution >= 0.6 is 22.7 Å². The quantitative estimate of drug-likeness (QED) is 0.348. The predicted molar refractivity (Wildman–Crippen MR) is 131 cm³/mol. The molecule has 0 radical (unpaired) electrons. The van der Waals surface area contributed by atoms with E-state index in [1.165, 1.54) is 41.0 Å². The lowest BCUT2D eigenvalue weighted by molar-refractivity contribution is 0.103. The minimum Gasteiger partial charge on any atom is -0.321 e. The molecule has 0 fully saturated rings. The number of rotatable bonds is 6. The Morgan fingerprint density at radius 3 is 2.52 bits per heavy atom. The van der Waals surface area contributed by atoms with Crippen molar-refractivity contribution in [2.75, 3.05) is 10.0 Å². The van der Waals surface area contributed by atoms with Gasteiger partial charge in [-0.1, -0.05) is 18.2 Å². The zero-order valence-electron chi connectivity index (χ0n) is 17.2. The fourth-order valence-corrected chi connectivity index (χ4v) is 6.13. The minimum absolute atomic E-state index is 0.0798. The van der Waals surface area contributed by atoms with Crippen LogP contribution in [0.1, 0.15) is 15.4 Å². The lowest BCUT2D eigenvalue weighted by atomic mass is 10.3. The summed E-state index contributed by atoms with van der Waals surface area (Å²) in [4.78, 5) is 18.3. The van der Waals surface area contributed by atoms with Crippen molar-refractivity contribution in [3.05, 3.63) is 82.8 Å². The summed E-state index contributed by atoms with van der Waals surface area (Å²) in [5.74, 6) is -0.272. The van der Waals surface area contributed by atoms with E-state index in [1.807, 2.05) is 48.0 Å². The SMILES string of the molecule is Cc1nn(-c2ccccc2)c2sc(C(=O)Nc3ccc(S(=O)(=O)Nc4nccs4)cc3)cc12. The van der Waals surface area contributed by atoms with Crippen molar-refractivity contribution in [2.45, 2.75) is 11.8 Å². The van der Waals surface area contributed by atoms with E-state index >= 15 is 0 Å². The Labute approximate surface area is 197 Å². The topological polar surface area (TPSA) is 106 Å². The van der Waals surface area contributed by atoms with Gasteiger partial charge in [0.05, 0.1) is 21.2 Å². The number of benzene rings is 2. The molecular formula is C22H17N5O3S3. The van der Waals surface area contributed by atoms with Gasteiger partial charge in [0.2, 0.25) is 0 Å². The zero-order chi connectivity index (χ0) is 23.0. The van der Waals surface area contributed by atoms with Crippen molar-refractivity contribution in [1.82, 2.24) is 14.8 Å². The van der Waals surface area contributed by atoms with Crippen molar-refractivity contribution in [3.8, 4) is 5.69 Å². The molecule has 5 rings (SSSR count). The summed E-state index contributed by atoms with van der Waals surface area (Å²) in [6.45, 7) is 1.91. The van der Waals surface area contributed by atoms with Crippen LogP contribution in [0, 0.1) is 6.92 Å². The summed E-state index contributed by atoms with van der Waals surface area (Å²) < 4.78 is 29.2. The van der Waals surface area contributed by atoms with E-state index in [2.05, 4.69) is 20.1 Å². The van der Waals surface area contributed by atoms with E-state index in [4.69, 9.17) is 0 Å². The number of aromatic nitrogens is 3. The molecule has 2 N–H and O–H groups in total. The number of hydrogen-bond donors (Lipinski definition) is 2. The van der Waals surface area contributed by atoms with Gasteiger partial charge in [-0.25, -0.2) is 18.1 Å². The smallest absolute Gasteiger partial charge is 0.265 e. The molecule has 3 heterocycles. The molecule has 0 aliphatic heterocycles. The van der Waals surface area contributed by atoms with Gasteiger partial charge in [-0.15, -0.1) is 22.7 Å². The number of para-hydroxylation sites is 1. The van der Waals surface area contributed by atoms with E-state index in [1.54, 1.807) is 17.5 Å². The molecule has 11 heteroatoms. The first-order valence-corrected chi connectivity index (χ1v) is 13.0. The summed E-state index contributed by atoms with van der Waals surface area (Å²) in [5.41, 5.74) is 2.26. The largest absolute Gasteiger partial charge is 0.321 e. The summed E-state index contributed by atoms with van der Waals surface area (Å²) in [6.07, 6.45) is 1.52. The second-order valence-electron chi connectivity index (χ2n) is 7.08. The lowest BCUT2D eigenvalue weighted by Crippen LogP contribution is -2.13. The van der Waals surface area contributed by atoms with Crippen molar-refractivity contribution in [1.29, 1.82) is 0 Å². The van der Waals surface area contributed by atoms with Crippen LogP contribution < -0.4 is 10.0 Å². The molecular weight excluding hydrogens is 478 g/mol. The third-order valence-electron chi connectivity index (χ3n) is 4.85. The second kappa shape index (κ2) is 8.43. The first-order chi connectivity index (χ1) is 15.9. The van der Waals surface area contributed by atoms with E-state index < -0.39 is 10.0 Å². The first-order valence-electron chi connectivity index (χ1n) is 9.79. The minimum atomic E-state index is -3.75. The number of amides is 1. The number of thiazole rings is 1.